The summed E-state index contributed by atoms with van der Waals surface area (Å²) >= 11 is 0. The second kappa shape index (κ2) is 10.8. The van der Waals surface area contributed by atoms with Gasteiger partial charge in [0, 0.05) is 23.6 Å². The highest BCUT2D eigenvalue weighted by molar-refractivity contribution is 5.35. The molecule has 204 valence electrons. The minimum Gasteiger partial charge on any atom is -0.486 e. The highest BCUT2D eigenvalue weighted by Gasteiger charge is 2.40. The Hall–Kier alpha value is -3.41. The topological polar surface area (TPSA) is 27.7 Å². The first-order chi connectivity index (χ1) is 17.9. The van der Waals surface area contributed by atoms with Crippen LogP contribution in [0.15, 0.2) is 36.4 Å². The van der Waals surface area contributed by atoms with Crippen molar-refractivity contribution in [2.24, 2.45) is 0 Å². The highest BCUT2D eigenvalue weighted by Crippen LogP contribution is 2.37. The number of alkyl halides is 2. The van der Waals surface area contributed by atoms with Gasteiger partial charge in [-0.05, 0) is 37.5 Å². The van der Waals surface area contributed by atoms with Gasteiger partial charge in [0.1, 0.15) is 17.9 Å². The van der Waals surface area contributed by atoms with Crippen molar-refractivity contribution in [3.8, 4) is 11.5 Å². The third kappa shape index (κ3) is 5.54. The molecule has 0 radical (unpaired) electrons. The minimum absolute atomic E-state index is 0.00827. The molecule has 1 aliphatic rings. The van der Waals surface area contributed by atoms with Crippen LogP contribution in [0.4, 0.5) is 39.5 Å². The van der Waals surface area contributed by atoms with Crippen molar-refractivity contribution in [3.63, 3.8) is 0 Å². The molecule has 4 rings (SSSR count). The van der Waals surface area contributed by atoms with Gasteiger partial charge in [0.15, 0.2) is 40.7 Å². The van der Waals surface area contributed by atoms with Gasteiger partial charge in [-0.2, -0.15) is 13.2 Å². The maximum atomic E-state index is 14.7. The van der Waals surface area contributed by atoms with Gasteiger partial charge >= 0.3 is 6.11 Å². The lowest BCUT2D eigenvalue weighted by molar-refractivity contribution is -0.188. The molecule has 0 aliphatic carbocycles. The molecule has 0 amide bonds. The predicted octanol–water partition coefficient (Wildman–Crippen LogP) is 7.65. The fourth-order valence-electron chi connectivity index (χ4n) is 3.98. The number of hydrogen-bond acceptors (Lipinski definition) is 3. The second-order valence-electron chi connectivity index (χ2n) is 8.71. The minimum atomic E-state index is -4.65. The van der Waals surface area contributed by atoms with E-state index in [0.29, 0.717) is 25.0 Å². The first-order valence-electron chi connectivity index (χ1n) is 11.3. The first-order valence-corrected chi connectivity index (χ1v) is 11.3. The molecule has 38 heavy (non-hydrogen) atoms. The maximum Gasteiger partial charge on any atom is 0.429 e. The van der Waals surface area contributed by atoms with Crippen LogP contribution in [0.5, 0.6) is 11.5 Å². The van der Waals surface area contributed by atoms with Crippen molar-refractivity contribution >= 4 is 0 Å². The van der Waals surface area contributed by atoms with E-state index in [9.17, 15) is 39.5 Å². The van der Waals surface area contributed by atoms with Crippen molar-refractivity contribution in [1.29, 1.82) is 0 Å². The number of rotatable bonds is 7. The van der Waals surface area contributed by atoms with E-state index in [1.165, 1.54) is 12.1 Å². The Kier molecular flexibility index (Phi) is 7.82. The van der Waals surface area contributed by atoms with E-state index in [4.69, 9.17) is 9.47 Å². The third-order valence-corrected chi connectivity index (χ3v) is 6.08. The Morgan fingerprint density at radius 3 is 2.13 bits per heavy atom. The standard InChI is InChI=1S/C26H19F9O3/c1-12-2-3-13(10-36-12)16-5-4-14(21(29)22(16)30)11-37-20-7-6-17(23(31)25(20)33)26(34,35)38-15-8-18(27)24(32)19(28)9-15/h4-9,12-13H,2-3,10-11H2,1H3. The first kappa shape index (κ1) is 27.6. The molecule has 3 aromatic rings. The quantitative estimate of drug-likeness (QED) is 0.224. The molecule has 0 bridgehead atoms. The lowest BCUT2D eigenvalue weighted by atomic mass is 9.90. The van der Waals surface area contributed by atoms with Crippen LogP contribution in [0.25, 0.3) is 0 Å². The fraction of sp³-hybridized carbons (Fsp3) is 0.308. The molecule has 0 N–H and O–H groups in total. The largest absolute Gasteiger partial charge is 0.486 e. The summed E-state index contributed by atoms with van der Waals surface area (Å²) in [7, 11) is 0. The lowest BCUT2D eigenvalue weighted by Crippen LogP contribution is -2.24. The van der Waals surface area contributed by atoms with Gasteiger partial charge in [-0.15, -0.1) is 0 Å². The zero-order valence-electron chi connectivity index (χ0n) is 19.6. The van der Waals surface area contributed by atoms with Crippen LogP contribution in [0.2, 0.25) is 0 Å². The summed E-state index contributed by atoms with van der Waals surface area (Å²) < 4.78 is 141. The summed E-state index contributed by atoms with van der Waals surface area (Å²) in [5.74, 6) is -14.5. The number of benzene rings is 3. The number of halogens is 9. The zero-order valence-corrected chi connectivity index (χ0v) is 19.6. The van der Waals surface area contributed by atoms with Crippen molar-refractivity contribution in [2.75, 3.05) is 6.61 Å². The van der Waals surface area contributed by atoms with E-state index >= 15 is 0 Å². The summed E-state index contributed by atoms with van der Waals surface area (Å²) in [6.07, 6.45) is -3.39. The molecule has 2 atom stereocenters. The average molecular weight is 550 g/mol. The van der Waals surface area contributed by atoms with Crippen LogP contribution in [-0.4, -0.2) is 12.7 Å². The Morgan fingerprint density at radius 2 is 1.50 bits per heavy atom. The van der Waals surface area contributed by atoms with Gasteiger partial charge in [-0.25, -0.2) is 26.3 Å². The van der Waals surface area contributed by atoms with Crippen molar-refractivity contribution in [3.05, 3.63) is 93.8 Å². The van der Waals surface area contributed by atoms with Gasteiger partial charge < -0.3 is 14.2 Å². The van der Waals surface area contributed by atoms with Crippen LogP contribution < -0.4 is 9.47 Å². The molecule has 2 unspecified atom stereocenters. The average Bonchev–Trinajstić information content (AvgIpc) is 2.86. The highest BCUT2D eigenvalue weighted by atomic mass is 19.3. The zero-order chi connectivity index (χ0) is 27.8. The van der Waals surface area contributed by atoms with Crippen LogP contribution in [0, 0.1) is 40.7 Å². The van der Waals surface area contributed by atoms with Gasteiger partial charge in [0.2, 0.25) is 5.82 Å². The Balaban J connectivity index is 1.50. The molecule has 3 nitrogen and oxygen atoms in total. The third-order valence-electron chi connectivity index (χ3n) is 6.08. The van der Waals surface area contributed by atoms with E-state index < -0.39 is 70.5 Å². The fourth-order valence-corrected chi connectivity index (χ4v) is 3.98. The molecule has 0 spiro atoms. The van der Waals surface area contributed by atoms with Gasteiger partial charge in [0.25, 0.3) is 0 Å². The summed E-state index contributed by atoms with van der Waals surface area (Å²) in [6, 6.07) is 3.68. The van der Waals surface area contributed by atoms with Crippen LogP contribution >= 0.6 is 0 Å². The van der Waals surface area contributed by atoms with Crippen LogP contribution in [0.1, 0.15) is 42.4 Å². The van der Waals surface area contributed by atoms with E-state index in [0.717, 1.165) is 0 Å². The van der Waals surface area contributed by atoms with Crippen molar-refractivity contribution in [2.45, 2.75) is 44.5 Å². The maximum absolute atomic E-state index is 14.7. The SMILES string of the molecule is CC1CCC(c2ccc(COc3ccc(C(F)(F)Oc4cc(F)c(F)c(F)c4)c(F)c3F)c(F)c2F)CO1. The Labute approximate surface area is 210 Å². The Morgan fingerprint density at radius 1 is 0.816 bits per heavy atom. The van der Waals surface area contributed by atoms with Crippen molar-refractivity contribution < 1.29 is 53.7 Å². The van der Waals surface area contributed by atoms with Gasteiger partial charge in [0.05, 0.1) is 12.7 Å². The van der Waals surface area contributed by atoms with Crippen molar-refractivity contribution in [1.82, 2.24) is 0 Å². The molecule has 0 aromatic heterocycles. The molecule has 1 heterocycles. The lowest BCUT2D eigenvalue weighted by Gasteiger charge is -2.27. The number of ether oxygens (including phenoxy) is 3. The molecule has 3 aromatic carbocycles. The second-order valence-corrected chi connectivity index (χ2v) is 8.71. The molecule has 0 saturated carbocycles. The van der Waals surface area contributed by atoms with E-state index in [1.54, 1.807) is 0 Å². The summed E-state index contributed by atoms with van der Waals surface area (Å²) in [4.78, 5) is 0. The smallest absolute Gasteiger partial charge is 0.429 e. The molecular weight excluding hydrogens is 531 g/mol. The van der Waals surface area contributed by atoms with E-state index in [1.807, 2.05) is 6.92 Å². The molecular formula is C26H19F9O3. The molecule has 1 fully saturated rings. The predicted molar refractivity (Wildman–Crippen MR) is 115 cm³/mol. The summed E-state index contributed by atoms with van der Waals surface area (Å²) in [5, 5.41) is 0. The number of hydrogen-bond donors (Lipinski definition) is 0. The summed E-state index contributed by atoms with van der Waals surface area (Å²) in [5.41, 5.74) is -1.91. The Bertz CT molecular complexity index is 1320. The van der Waals surface area contributed by atoms with Gasteiger partial charge in [-0.3, -0.25) is 0 Å². The molecule has 12 heteroatoms. The normalized spacial score (nSPS) is 17.9. The van der Waals surface area contributed by atoms with Gasteiger partial charge in [-0.1, -0.05) is 12.1 Å². The van der Waals surface area contributed by atoms with Crippen LogP contribution in [0.3, 0.4) is 0 Å². The summed E-state index contributed by atoms with van der Waals surface area (Å²) in [6.45, 7) is 1.31. The molecule has 1 saturated heterocycles. The van der Waals surface area contributed by atoms with Crippen LogP contribution in [-0.2, 0) is 17.5 Å². The van der Waals surface area contributed by atoms with E-state index in [-0.39, 0.29) is 41.9 Å². The van der Waals surface area contributed by atoms with E-state index in [2.05, 4.69) is 4.74 Å². The monoisotopic (exact) mass is 550 g/mol. The molecule has 1 aliphatic heterocycles.